The number of rotatable bonds is 7. The second kappa shape index (κ2) is 7.43. The van der Waals surface area contributed by atoms with Gasteiger partial charge in [-0.15, -0.1) is 0 Å². The van der Waals surface area contributed by atoms with Gasteiger partial charge < -0.3 is 14.9 Å². The second-order valence-electron chi connectivity index (χ2n) is 4.90. The first-order valence-corrected chi connectivity index (χ1v) is 7.04. The maximum atomic E-state index is 12.4. The molecule has 0 aromatic heterocycles. The molecule has 2 atom stereocenters. The Bertz CT molecular complexity index is 517. The Morgan fingerprint density at radius 3 is 2.48 bits per heavy atom. The van der Waals surface area contributed by atoms with Crippen LogP contribution in [0.15, 0.2) is 24.3 Å². The van der Waals surface area contributed by atoms with Crippen molar-refractivity contribution in [3.8, 4) is 0 Å². The summed E-state index contributed by atoms with van der Waals surface area (Å²) < 4.78 is 4.96. The van der Waals surface area contributed by atoms with Crippen molar-refractivity contribution in [2.75, 3.05) is 13.2 Å². The minimum absolute atomic E-state index is 0.0613. The fraction of sp³-hybridized carbons (Fsp3) is 0.467. The minimum atomic E-state index is -1.92. The maximum Gasteiger partial charge on any atom is 0.328 e. The van der Waals surface area contributed by atoms with Gasteiger partial charge >= 0.3 is 11.9 Å². The highest BCUT2D eigenvalue weighted by molar-refractivity contribution is 6.32. The molecule has 0 bridgehead atoms. The third kappa shape index (κ3) is 3.54. The van der Waals surface area contributed by atoms with Crippen molar-refractivity contribution in [1.29, 1.82) is 0 Å². The number of hydrogen-bond donors (Lipinski definition) is 2. The van der Waals surface area contributed by atoms with Crippen LogP contribution in [0.4, 0.5) is 0 Å². The lowest BCUT2D eigenvalue weighted by Crippen LogP contribution is -2.47. The molecule has 1 rings (SSSR count). The van der Waals surface area contributed by atoms with E-state index in [9.17, 15) is 19.8 Å². The van der Waals surface area contributed by atoms with Crippen LogP contribution in [0.3, 0.4) is 0 Å². The zero-order chi connectivity index (χ0) is 16.0. The maximum absolute atomic E-state index is 12.4. The monoisotopic (exact) mass is 314 g/mol. The number of carbonyl (C=O) groups is 2. The molecule has 0 amide bonds. The number of aliphatic hydroxyl groups excluding tert-OH is 1. The first kappa shape index (κ1) is 17.5. The zero-order valence-electron chi connectivity index (χ0n) is 12.0. The molecular formula is C15H19ClO5. The van der Waals surface area contributed by atoms with E-state index in [2.05, 4.69) is 0 Å². The van der Waals surface area contributed by atoms with E-state index >= 15 is 0 Å². The number of carboxylic acid groups (broad SMARTS) is 1. The second-order valence-corrected chi connectivity index (χ2v) is 5.31. The number of aliphatic hydroxyl groups is 1. The molecule has 5 nitrogen and oxygen atoms in total. The zero-order valence-corrected chi connectivity index (χ0v) is 12.8. The van der Waals surface area contributed by atoms with Gasteiger partial charge in [0.1, 0.15) is 0 Å². The van der Waals surface area contributed by atoms with Crippen molar-refractivity contribution in [1.82, 2.24) is 0 Å². The van der Waals surface area contributed by atoms with Crippen molar-refractivity contribution in [2.45, 2.75) is 25.7 Å². The summed E-state index contributed by atoms with van der Waals surface area (Å²) >= 11 is 6.09. The van der Waals surface area contributed by atoms with Crippen LogP contribution in [0, 0.1) is 5.92 Å². The number of halogens is 1. The third-order valence-corrected chi connectivity index (χ3v) is 3.62. The third-order valence-electron chi connectivity index (χ3n) is 3.29. The number of ether oxygens (including phenoxy) is 1. The Hall–Kier alpha value is -1.59. The molecular weight excluding hydrogens is 296 g/mol. The summed E-state index contributed by atoms with van der Waals surface area (Å²) in [6.45, 7) is 3.09. The fourth-order valence-corrected chi connectivity index (χ4v) is 2.54. The van der Waals surface area contributed by atoms with Gasteiger partial charge in [-0.1, -0.05) is 36.7 Å². The summed E-state index contributed by atoms with van der Waals surface area (Å²) in [5.41, 5.74) is -1.74. The number of carboxylic acids is 1. The molecule has 6 heteroatoms. The predicted molar refractivity (Wildman–Crippen MR) is 78.3 cm³/mol. The van der Waals surface area contributed by atoms with Crippen LogP contribution in [0.2, 0.25) is 5.02 Å². The Labute approximate surface area is 128 Å². The van der Waals surface area contributed by atoms with Gasteiger partial charge in [0.15, 0.2) is 5.41 Å². The van der Waals surface area contributed by atoms with Crippen LogP contribution in [-0.2, 0) is 19.7 Å². The largest absolute Gasteiger partial charge is 0.480 e. The smallest absolute Gasteiger partial charge is 0.328 e. The molecule has 21 heavy (non-hydrogen) atoms. The van der Waals surface area contributed by atoms with E-state index < -0.39 is 23.3 Å². The summed E-state index contributed by atoms with van der Waals surface area (Å²) in [6, 6.07) is 6.29. The lowest BCUT2D eigenvalue weighted by Gasteiger charge is -2.30. The van der Waals surface area contributed by atoms with Crippen molar-refractivity contribution in [3.63, 3.8) is 0 Å². The highest BCUT2D eigenvalue weighted by Crippen LogP contribution is 2.37. The molecule has 116 valence electrons. The summed E-state index contributed by atoms with van der Waals surface area (Å²) in [6.07, 6.45) is -0.0958. The van der Waals surface area contributed by atoms with Gasteiger partial charge in [0.05, 0.1) is 6.61 Å². The molecule has 0 aliphatic heterocycles. The SMILES string of the molecule is CCOC(=O)C(CC(C)CO)(C(=O)O)c1ccccc1Cl. The average molecular weight is 315 g/mol. The van der Waals surface area contributed by atoms with Gasteiger partial charge in [-0.2, -0.15) is 0 Å². The Morgan fingerprint density at radius 2 is 2.00 bits per heavy atom. The summed E-state index contributed by atoms with van der Waals surface area (Å²) in [4.78, 5) is 24.3. The van der Waals surface area contributed by atoms with Crippen LogP contribution in [0.1, 0.15) is 25.8 Å². The van der Waals surface area contributed by atoms with Crippen molar-refractivity contribution in [2.24, 2.45) is 5.92 Å². The van der Waals surface area contributed by atoms with Gasteiger partial charge in [-0.05, 0) is 30.9 Å². The van der Waals surface area contributed by atoms with Crippen LogP contribution in [-0.4, -0.2) is 35.4 Å². The van der Waals surface area contributed by atoms with Gasteiger partial charge in [-0.25, -0.2) is 0 Å². The number of aliphatic carboxylic acids is 1. The van der Waals surface area contributed by atoms with E-state index in [0.717, 1.165) is 0 Å². The molecule has 2 N–H and O–H groups in total. The van der Waals surface area contributed by atoms with Crippen molar-refractivity contribution >= 4 is 23.5 Å². The standard InChI is InChI=1S/C15H19ClO5/c1-3-21-14(20)15(13(18)19,8-10(2)9-17)11-6-4-5-7-12(11)16/h4-7,10,17H,3,8-9H2,1-2H3,(H,18,19). The van der Waals surface area contributed by atoms with Crippen LogP contribution >= 0.6 is 11.6 Å². The molecule has 0 radical (unpaired) electrons. The fourth-order valence-electron chi connectivity index (χ4n) is 2.24. The van der Waals surface area contributed by atoms with E-state index in [4.69, 9.17) is 16.3 Å². The van der Waals surface area contributed by atoms with E-state index in [1.807, 2.05) is 0 Å². The Morgan fingerprint density at radius 1 is 1.38 bits per heavy atom. The molecule has 0 saturated heterocycles. The lowest BCUT2D eigenvalue weighted by atomic mass is 9.74. The number of hydrogen-bond acceptors (Lipinski definition) is 4. The highest BCUT2D eigenvalue weighted by atomic mass is 35.5. The predicted octanol–water partition coefficient (Wildman–Crippen LogP) is 2.24. The first-order chi connectivity index (χ1) is 9.90. The van der Waals surface area contributed by atoms with Gasteiger partial charge in [0, 0.05) is 11.6 Å². The van der Waals surface area contributed by atoms with E-state index in [-0.39, 0.29) is 30.2 Å². The molecule has 1 aromatic carbocycles. The molecule has 0 aliphatic carbocycles. The Kier molecular flexibility index (Phi) is 6.18. The van der Waals surface area contributed by atoms with E-state index in [0.29, 0.717) is 0 Å². The van der Waals surface area contributed by atoms with Crippen LogP contribution in [0.25, 0.3) is 0 Å². The van der Waals surface area contributed by atoms with Crippen LogP contribution < -0.4 is 0 Å². The molecule has 0 heterocycles. The van der Waals surface area contributed by atoms with Crippen molar-refractivity contribution < 1.29 is 24.5 Å². The molecule has 0 spiro atoms. The van der Waals surface area contributed by atoms with Crippen molar-refractivity contribution in [3.05, 3.63) is 34.9 Å². The van der Waals surface area contributed by atoms with E-state index in [1.54, 1.807) is 26.0 Å². The molecule has 0 fully saturated rings. The van der Waals surface area contributed by atoms with Gasteiger partial charge in [-0.3, -0.25) is 9.59 Å². The topological polar surface area (TPSA) is 83.8 Å². The summed E-state index contributed by atoms with van der Waals surface area (Å²) in [5.74, 6) is -2.61. The number of benzene rings is 1. The first-order valence-electron chi connectivity index (χ1n) is 6.66. The van der Waals surface area contributed by atoms with E-state index in [1.165, 1.54) is 12.1 Å². The number of esters is 1. The molecule has 1 aromatic rings. The average Bonchev–Trinajstić information content (AvgIpc) is 2.45. The van der Waals surface area contributed by atoms with Gasteiger partial charge in [0.25, 0.3) is 0 Å². The quantitative estimate of drug-likeness (QED) is 0.595. The molecule has 2 unspecified atom stereocenters. The molecule has 0 aliphatic rings. The van der Waals surface area contributed by atoms with Crippen LogP contribution in [0.5, 0.6) is 0 Å². The molecule has 0 saturated carbocycles. The normalized spacial score (nSPS) is 15.0. The highest BCUT2D eigenvalue weighted by Gasteiger charge is 2.51. The lowest BCUT2D eigenvalue weighted by molar-refractivity contribution is -0.162. The minimum Gasteiger partial charge on any atom is -0.480 e. The summed E-state index contributed by atoms with van der Waals surface area (Å²) in [5, 5.41) is 19.1. The number of carbonyl (C=O) groups excluding carboxylic acids is 1. The Balaban J connectivity index is 3.48. The summed E-state index contributed by atoms with van der Waals surface area (Å²) in [7, 11) is 0. The van der Waals surface area contributed by atoms with Gasteiger partial charge in [0.2, 0.25) is 0 Å².